The topological polar surface area (TPSA) is 38.5 Å². The second-order valence-electron chi connectivity index (χ2n) is 10.1. The molecular weight excluding hydrogens is 513 g/mol. The van der Waals surface area contributed by atoms with Gasteiger partial charge in [-0.2, -0.15) is 0 Å². The van der Waals surface area contributed by atoms with Gasteiger partial charge in [-0.25, -0.2) is 13.2 Å². The van der Waals surface area contributed by atoms with Crippen molar-refractivity contribution < 1.29 is 17.4 Å². The molecule has 0 fully saturated rings. The van der Waals surface area contributed by atoms with E-state index in [4.69, 9.17) is 9.92 Å². The van der Waals surface area contributed by atoms with Crippen LogP contribution in [-0.4, -0.2) is 34.5 Å². The van der Waals surface area contributed by atoms with Crippen LogP contribution in [0.4, 0.5) is 18.9 Å². The minimum Gasteiger partial charge on any atom is -0.399 e. The van der Waals surface area contributed by atoms with E-state index in [1.165, 1.54) is 31.1 Å². The zero-order valence-corrected chi connectivity index (χ0v) is 22.3. The number of anilines is 1. The molecule has 3 atom stereocenters. The van der Waals surface area contributed by atoms with Crippen LogP contribution < -0.4 is 5.73 Å². The Morgan fingerprint density at radius 3 is 2.36 bits per heavy atom. The van der Waals surface area contributed by atoms with Gasteiger partial charge < -0.3 is 9.92 Å². The molecule has 1 aliphatic heterocycles. The maximum atomic E-state index is 15.7. The van der Waals surface area contributed by atoms with E-state index in [-0.39, 0.29) is 29.5 Å². The van der Waals surface area contributed by atoms with Gasteiger partial charge in [-0.1, -0.05) is 22.0 Å². The Bertz CT molecular complexity index is 1000. The Morgan fingerprint density at radius 2 is 1.79 bits per heavy atom. The predicted octanol–water partition coefficient (Wildman–Crippen LogP) is 7.15. The summed E-state index contributed by atoms with van der Waals surface area (Å²) in [6.07, 6.45) is 0.607. The van der Waals surface area contributed by atoms with Crippen LogP contribution in [0.1, 0.15) is 62.9 Å². The summed E-state index contributed by atoms with van der Waals surface area (Å²) in [5.41, 5.74) is 7.56. The molecule has 1 aliphatic rings. The SMILES string of the molecule is Cc1c(N)ccc2c1C[C@@H](C)N(CC(C)(F)COSC(C)(C)C)[C@@H]2c1c(F)cc(Br)cc1F. The molecule has 0 saturated carbocycles. The summed E-state index contributed by atoms with van der Waals surface area (Å²) < 4.78 is 51.8. The normalized spacial score (nSPS) is 21.0. The fourth-order valence-electron chi connectivity index (χ4n) is 4.31. The number of benzene rings is 2. The maximum absolute atomic E-state index is 15.7. The number of hydrogen-bond donors (Lipinski definition) is 1. The molecule has 0 aromatic heterocycles. The van der Waals surface area contributed by atoms with E-state index in [9.17, 15) is 0 Å². The smallest absolute Gasteiger partial charge is 0.145 e. The highest BCUT2D eigenvalue weighted by Crippen LogP contribution is 2.43. The molecule has 3 rings (SSSR count). The number of alkyl halides is 1. The molecule has 33 heavy (non-hydrogen) atoms. The van der Waals surface area contributed by atoms with Crippen molar-refractivity contribution in [3.63, 3.8) is 0 Å². The third-order valence-corrected chi connectivity index (χ3v) is 7.06. The summed E-state index contributed by atoms with van der Waals surface area (Å²) in [6, 6.07) is 5.09. The van der Waals surface area contributed by atoms with Gasteiger partial charge in [0.25, 0.3) is 0 Å². The van der Waals surface area contributed by atoms with E-state index in [2.05, 4.69) is 15.9 Å². The largest absolute Gasteiger partial charge is 0.399 e. The monoisotopic (exact) mass is 544 g/mol. The Morgan fingerprint density at radius 1 is 1.18 bits per heavy atom. The maximum Gasteiger partial charge on any atom is 0.145 e. The van der Waals surface area contributed by atoms with Crippen LogP contribution in [0.25, 0.3) is 0 Å². The lowest BCUT2D eigenvalue weighted by Gasteiger charge is -2.45. The van der Waals surface area contributed by atoms with Crippen LogP contribution in [0.5, 0.6) is 0 Å². The average molecular weight is 546 g/mol. The lowest BCUT2D eigenvalue weighted by molar-refractivity contribution is 0.0285. The standard InChI is InChI=1S/C25H32BrF3N2OS/c1-14-9-18-15(2)21(30)8-7-17(18)23(22-19(27)10-16(26)11-20(22)28)31(14)12-25(6,29)13-32-33-24(3,4)5/h7-8,10-11,14,23H,9,12-13,30H2,1-6H3/t14-,23+,25?/m1/s1. The van der Waals surface area contributed by atoms with Gasteiger partial charge in [0.05, 0.1) is 12.6 Å². The summed E-state index contributed by atoms with van der Waals surface area (Å²) in [5, 5.41) is 0. The van der Waals surface area contributed by atoms with Gasteiger partial charge in [-0.15, -0.1) is 0 Å². The molecule has 0 radical (unpaired) electrons. The predicted molar refractivity (Wildman–Crippen MR) is 134 cm³/mol. The zero-order valence-electron chi connectivity index (χ0n) is 19.9. The van der Waals surface area contributed by atoms with E-state index in [1.807, 2.05) is 45.6 Å². The summed E-state index contributed by atoms with van der Waals surface area (Å²) in [4.78, 5) is 1.85. The van der Waals surface area contributed by atoms with Crippen LogP contribution in [0.15, 0.2) is 28.7 Å². The van der Waals surface area contributed by atoms with Gasteiger partial charge in [0.1, 0.15) is 17.3 Å². The Kier molecular flexibility index (Phi) is 7.83. The molecule has 1 unspecified atom stereocenters. The summed E-state index contributed by atoms with van der Waals surface area (Å²) in [6.45, 7) is 11.1. The number of nitrogens with two attached hydrogens (primary N) is 1. The highest BCUT2D eigenvalue weighted by Gasteiger charge is 2.41. The van der Waals surface area contributed by atoms with Crippen molar-refractivity contribution in [2.45, 2.75) is 70.5 Å². The Labute approximate surface area is 207 Å². The molecule has 0 aliphatic carbocycles. The summed E-state index contributed by atoms with van der Waals surface area (Å²) in [7, 11) is 0. The lowest BCUT2D eigenvalue weighted by atomic mass is 9.81. The van der Waals surface area contributed by atoms with Crippen molar-refractivity contribution in [2.75, 3.05) is 18.9 Å². The first-order valence-corrected chi connectivity index (χ1v) is 12.5. The van der Waals surface area contributed by atoms with Crippen molar-refractivity contribution in [1.29, 1.82) is 0 Å². The molecule has 0 amide bonds. The van der Waals surface area contributed by atoms with E-state index in [1.54, 1.807) is 6.07 Å². The van der Waals surface area contributed by atoms with Gasteiger partial charge in [-0.05, 0) is 94.9 Å². The quantitative estimate of drug-likeness (QED) is 0.309. The first-order chi connectivity index (χ1) is 15.2. The van der Waals surface area contributed by atoms with Crippen molar-refractivity contribution >= 4 is 33.7 Å². The molecule has 0 spiro atoms. The summed E-state index contributed by atoms with van der Waals surface area (Å²) in [5.74, 6) is -1.35. The minimum atomic E-state index is -1.73. The number of halogens is 4. The molecule has 2 N–H and O–H groups in total. The lowest BCUT2D eigenvalue weighted by Crippen LogP contribution is -2.50. The van der Waals surface area contributed by atoms with E-state index in [0.29, 0.717) is 16.6 Å². The van der Waals surface area contributed by atoms with Gasteiger partial charge in [-0.3, -0.25) is 4.90 Å². The second-order valence-corrected chi connectivity index (χ2v) is 12.7. The van der Waals surface area contributed by atoms with E-state index >= 15 is 13.2 Å². The molecule has 8 heteroatoms. The van der Waals surface area contributed by atoms with Crippen molar-refractivity contribution in [1.82, 2.24) is 4.90 Å². The molecule has 0 saturated heterocycles. The Hall–Kier alpha value is -1.22. The van der Waals surface area contributed by atoms with Crippen molar-refractivity contribution in [2.24, 2.45) is 0 Å². The molecular formula is C25H32BrF3N2OS. The molecule has 2 aromatic carbocycles. The molecule has 0 bridgehead atoms. The van der Waals surface area contributed by atoms with Crippen LogP contribution in [-0.2, 0) is 10.6 Å². The van der Waals surface area contributed by atoms with Gasteiger partial charge in [0, 0.05) is 33.1 Å². The van der Waals surface area contributed by atoms with E-state index < -0.39 is 23.3 Å². The van der Waals surface area contributed by atoms with Gasteiger partial charge >= 0.3 is 0 Å². The highest BCUT2D eigenvalue weighted by atomic mass is 79.9. The van der Waals surface area contributed by atoms with Crippen molar-refractivity contribution in [3.8, 4) is 0 Å². The fourth-order valence-corrected chi connectivity index (χ4v) is 5.37. The first-order valence-electron chi connectivity index (χ1n) is 11.0. The fraction of sp³-hybridized carbons (Fsp3) is 0.520. The summed E-state index contributed by atoms with van der Waals surface area (Å²) >= 11 is 4.38. The van der Waals surface area contributed by atoms with Crippen molar-refractivity contribution in [3.05, 3.63) is 62.6 Å². The number of rotatable bonds is 6. The third kappa shape index (κ3) is 6.08. The average Bonchev–Trinajstić information content (AvgIpc) is 2.65. The van der Waals surface area contributed by atoms with E-state index in [0.717, 1.165) is 16.7 Å². The number of hydrogen-bond acceptors (Lipinski definition) is 4. The third-order valence-electron chi connectivity index (χ3n) is 5.87. The molecule has 1 heterocycles. The minimum absolute atomic E-state index is 0.0403. The highest BCUT2D eigenvalue weighted by molar-refractivity contribution is 9.10. The first kappa shape index (κ1) is 26.4. The van der Waals surface area contributed by atoms with Crippen LogP contribution in [0.2, 0.25) is 0 Å². The number of fused-ring (bicyclic) bond motifs is 1. The number of nitrogens with zero attached hydrogens (tertiary/aromatic N) is 1. The second kappa shape index (κ2) is 9.80. The van der Waals surface area contributed by atoms with Crippen LogP contribution >= 0.6 is 28.0 Å². The van der Waals surface area contributed by atoms with Gasteiger partial charge in [0.2, 0.25) is 0 Å². The molecule has 182 valence electrons. The number of nitrogen functional groups attached to an aromatic ring is 1. The molecule has 3 nitrogen and oxygen atoms in total. The van der Waals surface area contributed by atoms with Crippen LogP contribution in [0.3, 0.4) is 0 Å². The molecule has 2 aromatic rings. The Balaban J connectivity index is 2.05. The van der Waals surface area contributed by atoms with Gasteiger partial charge in [0.15, 0.2) is 0 Å². The van der Waals surface area contributed by atoms with Crippen LogP contribution in [0, 0.1) is 18.6 Å². The zero-order chi connectivity index (χ0) is 24.7.